The average Bonchev–Trinajstić information content (AvgIpc) is 2.15. The molecule has 0 bridgehead atoms. The van der Waals surface area contributed by atoms with Crippen molar-refractivity contribution in [2.24, 2.45) is 0 Å². The summed E-state index contributed by atoms with van der Waals surface area (Å²) in [6, 6.07) is 0. The van der Waals surface area contributed by atoms with Gasteiger partial charge in [-0.05, 0) is 37.7 Å². The van der Waals surface area contributed by atoms with E-state index >= 15 is 0 Å². The molecular weight excluding hydrogens is 167 g/mol. The fourth-order valence-corrected chi connectivity index (χ4v) is 2.93. The zero-order valence-corrected chi connectivity index (χ0v) is 8.90. The van der Waals surface area contributed by atoms with E-state index in [0.29, 0.717) is 5.76 Å². The van der Waals surface area contributed by atoms with Gasteiger partial charge >= 0.3 is 0 Å². The van der Waals surface area contributed by atoms with Gasteiger partial charge in [0.15, 0.2) is 0 Å². The van der Waals surface area contributed by atoms with Crippen molar-refractivity contribution in [3.8, 4) is 0 Å². The number of hydrogen-bond acceptors (Lipinski definition) is 1. The van der Waals surface area contributed by atoms with Gasteiger partial charge in [-0.2, -0.15) is 0 Å². The largest absolute Gasteiger partial charge is 0.512 e. The summed E-state index contributed by atoms with van der Waals surface area (Å²) in [5, 5.41) is 10.7. The monoisotopic (exact) mass is 186 g/mol. The van der Waals surface area contributed by atoms with Crippen molar-refractivity contribution in [3.63, 3.8) is 0 Å². The predicted octanol–water partition coefficient (Wildman–Crippen LogP) is 3.81. The molecule has 0 aromatic carbocycles. The van der Waals surface area contributed by atoms with E-state index in [1.54, 1.807) is 0 Å². The molecule has 1 unspecified atom stereocenters. The summed E-state index contributed by atoms with van der Waals surface area (Å²) in [4.78, 5) is 0. The summed E-state index contributed by atoms with van der Waals surface area (Å²) >= 11 is 0. The minimum Gasteiger partial charge on any atom is -0.512 e. The van der Waals surface area contributed by atoms with E-state index < -0.39 is 0 Å². The Bertz CT molecular complexity index is 147. The Morgan fingerprint density at radius 1 is 1.17 bits per heavy atom. The molecule has 1 aliphatic heterocycles. The Hall–Kier alpha value is -0.0300. The molecule has 1 fully saturated rings. The second-order valence-electron chi connectivity index (χ2n) is 3.51. The predicted molar refractivity (Wildman–Crippen MR) is 56.2 cm³/mol. The second kappa shape index (κ2) is 5.59. The highest BCUT2D eigenvalue weighted by molar-refractivity contribution is 7.43. The smallest absolute Gasteiger partial charge is 0.0925 e. The first-order valence-corrected chi connectivity index (χ1v) is 6.14. The van der Waals surface area contributed by atoms with Crippen LogP contribution in [0.3, 0.4) is 0 Å². The van der Waals surface area contributed by atoms with Crippen molar-refractivity contribution in [1.82, 2.24) is 0 Å². The van der Waals surface area contributed by atoms with Crippen LogP contribution >= 0.6 is 8.58 Å². The number of hydrogen-bond donors (Lipinski definition) is 1. The van der Waals surface area contributed by atoms with Gasteiger partial charge in [0, 0.05) is 0 Å². The van der Waals surface area contributed by atoms with E-state index in [4.69, 9.17) is 0 Å². The van der Waals surface area contributed by atoms with Crippen molar-refractivity contribution in [2.75, 3.05) is 6.16 Å². The lowest BCUT2D eigenvalue weighted by molar-refractivity contribution is 0.408. The van der Waals surface area contributed by atoms with Crippen LogP contribution in [0, 0.1) is 0 Å². The third-order valence-corrected chi connectivity index (χ3v) is 4.02. The van der Waals surface area contributed by atoms with Crippen molar-refractivity contribution in [3.05, 3.63) is 11.1 Å². The third-order valence-electron chi connectivity index (χ3n) is 2.38. The molecule has 1 rings (SSSR count). The SMILES string of the molecule is CC(O)=C1CCCCCCCP1. The van der Waals surface area contributed by atoms with Crippen LogP contribution in [0.4, 0.5) is 0 Å². The molecule has 0 spiro atoms. The van der Waals surface area contributed by atoms with Gasteiger partial charge in [-0.25, -0.2) is 0 Å². The van der Waals surface area contributed by atoms with Gasteiger partial charge < -0.3 is 5.11 Å². The van der Waals surface area contributed by atoms with Crippen LogP contribution in [0.5, 0.6) is 0 Å². The molecule has 0 saturated carbocycles. The van der Waals surface area contributed by atoms with Gasteiger partial charge in [0.25, 0.3) is 0 Å². The van der Waals surface area contributed by atoms with E-state index in [0.717, 1.165) is 15.0 Å². The van der Waals surface area contributed by atoms with Gasteiger partial charge in [-0.15, -0.1) is 0 Å². The summed E-state index contributed by atoms with van der Waals surface area (Å²) in [7, 11) is 0.887. The molecule has 1 aliphatic rings. The second-order valence-corrected chi connectivity index (χ2v) is 4.97. The fourth-order valence-electron chi connectivity index (χ4n) is 1.59. The van der Waals surface area contributed by atoms with E-state index in [1.807, 2.05) is 6.92 Å². The molecule has 1 saturated heterocycles. The number of allylic oxidation sites excluding steroid dienone is 2. The van der Waals surface area contributed by atoms with Crippen LogP contribution in [-0.2, 0) is 0 Å². The van der Waals surface area contributed by atoms with Crippen LogP contribution < -0.4 is 0 Å². The van der Waals surface area contributed by atoms with Crippen LogP contribution in [0.15, 0.2) is 11.1 Å². The van der Waals surface area contributed by atoms with Crippen molar-refractivity contribution in [1.29, 1.82) is 0 Å². The zero-order valence-electron chi connectivity index (χ0n) is 7.90. The quantitative estimate of drug-likeness (QED) is 0.450. The van der Waals surface area contributed by atoms with Crippen molar-refractivity contribution in [2.45, 2.75) is 45.4 Å². The van der Waals surface area contributed by atoms with Gasteiger partial charge in [-0.1, -0.05) is 27.8 Å². The highest BCUT2D eigenvalue weighted by Gasteiger charge is 2.04. The molecule has 0 amide bonds. The highest BCUT2D eigenvalue weighted by atomic mass is 31.1. The summed E-state index contributed by atoms with van der Waals surface area (Å²) in [6.45, 7) is 1.83. The minimum atomic E-state index is 0.593. The molecule has 0 radical (unpaired) electrons. The highest BCUT2D eigenvalue weighted by Crippen LogP contribution is 2.33. The Kier molecular flexibility index (Phi) is 4.68. The van der Waals surface area contributed by atoms with Gasteiger partial charge in [0.05, 0.1) is 5.76 Å². The fraction of sp³-hybridized carbons (Fsp3) is 0.800. The summed E-state index contributed by atoms with van der Waals surface area (Å²) in [5.74, 6) is 0.593. The van der Waals surface area contributed by atoms with Gasteiger partial charge in [0.2, 0.25) is 0 Å². The standard InChI is InChI=1S/C10H19OP/c1-9(11)10-7-5-3-2-4-6-8-12-10/h11-12H,2-8H2,1H3. The molecule has 1 nitrogen and oxygen atoms in total. The first kappa shape index (κ1) is 10.1. The van der Waals surface area contributed by atoms with Crippen molar-refractivity contribution >= 4 is 8.58 Å². The van der Waals surface area contributed by atoms with Crippen molar-refractivity contribution < 1.29 is 5.11 Å². The molecular formula is C10H19OP. The molecule has 1 heterocycles. The van der Waals surface area contributed by atoms with Gasteiger partial charge in [-0.3, -0.25) is 0 Å². The normalized spacial score (nSPS) is 27.4. The lowest BCUT2D eigenvalue weighted by Crippen LogP contribution is -1.83. The third kappa shape index (κ3) is 3.58. The average molecular weight is 186 g/mol. The number of aliphatic hydroxyl groups excluding tert-OH is 1. The van der Waals surface area contributed by atoms with Crippen LogP contribution in [0.2, 0.25) is 0 Å². The Morgan fingerprint density at radius 3 is 2.58 bits per heavy atom. The van der Waals surface area contributed by atoms with E-state index in [-0.39, 0.29) is 0 Å². The maximum Gasteiger partial charge on any atom is 0.0925 e. The summed E-state index contributed by atoms with van der Waals surface area (Å²) in [6.07, 6.45) is 9.21. The lowest BCUT2D eigenvalue weighted by atomic mass is 10.1. The minimum absolute atomic E-state index is 0.593. The molecule has 0 aromatic heterocycles. The topological polar surface area (TPSA) is 20.2 Å². The van der Waals surface area contributed by atoms with E-state index in [9.17, 15) is 5.11 Å². The molecule has 0 aromatic rings. The van der Waals surface area contributed by atoms with Crippen LogP contribution in [-0.4, -0.2) is 11.3 Å². The number of rotatable bonds is 0. The van der Waals surface area contributed by atoms with Crippen LogP contribution in [0.25, 0.3) is 0 Å². The molecule has 1 N–H and O–H groups in total. The molecule has 0 aliphatic carbocycles. The summed E-state index contributed by atoms with van der Waals surface area (Å²) in [5.41, 5.74) is 0. The Balaban J connectivity index is 2.45. The number of aliphatic hydroxyl groups is 1. The molecule has 70 valence electrons. The maximum atomic E-state index is 9.37. The summed E-state index contributed by atoms with van der Waals surface area (Å²) < 4.78 is 0. The van der Waals surface area contributed by atoms with Crippen LogP contribution in [0.1, 0.15) is 45.4 Å². The maximum absolute atomic E-state index is 9.37. The molecule has 1 atom stereocenters. The first-order valence-electron chi connectivity index (χ1n) is 4.93. The first-order chi connectivity index (χ1) is 5.80. The lowest BCUT2D eigenvalue weighted by Gasteiger charge is -2.05. The van der Waals surface area contributed by atoms with E-state index in [2.05, 4.69) is 0 Å². The Labute approximate surface area is 77.0 Å². The molecule has 2 heteroatoms. The molecule has 12 heavy (non-hydrogen) atoms. The van der Waals surface area contributed by atoms with Gasteiger partial charge in [0.1, 0.15) is 0 Å². The zero-order chi connectivity index (χ0) is 8.81. The Morgan fingerprint density at radius 2 is 1.83 bits per heavy atom. The van der Waals surface area contributed by atoms with E-state index in [1.165, 1.54) is 43.6 Å².